The zero-order valence-electron chi connectivity index (χ0n) is 13.5. The Balaban J connectivity index is 1.76. The first kappa shape index (κ1) is 16.6. The molecule has 1 aliphatic rings. The summed E-state index contributed by atoms with van der Waals surface area (Å²) in [5.41, 5.74) is 0.734. The summed E-state index contributed by atoms with van der Waals surface area (Å²) >= 11 is 1.24. The molecule has 0 saturated carbocycles. The number of halogens is 1. The van der Waals surface area contributed by atoms with Crippen LogP contribution in [0.1, 0.15) is 40.6 Å². The van der Waals surface area contributed by atoms with Gasteiger partial charge in [-0.25, -0.2) is 9.37 Å². The van der Waals surface area contributed by atoms with Crippen LogP contribution in [0, 0.1) is 5.82 Å². The molecule has 1 aromatic carbocycles. The van der Waals surface area contributed by atoms with Crippen LogP contribution in [0.3, 0.4) is 0 Å². The lowest BCUT2D eigenvalue weighted by molar-refractivity contribution is 0.0742. The number of benzene rings is 1. The summed E-state index contributed by atoms with van der Waals surface area (Å²) in [5, 5.41) is 2.12. The van der Waals surface area contributed by atoms with Gasteiger partial charge in [0, 0.05) is 30.6 Å². The average Bonchev–Trinajstić information content (AvgIpc) is 3.23. The van der Waals surface area contributed by atoms with Gasteiger partial charge >= 0.3 is 0 Å². The van der Waals surface area contributed by atoms with Gasteiger partial charge in [0.05, 0.1) is 0 Å². The molecule has 2 aromatic rings. The maximum atomic E-state index is 13.0. The number of carbonyl (C=O) groups excluding carboxylic acids is 2. The highest BCUT2D eigenvalue weighted by molar-refractivity contribution is 7.14. The van der Waals surface area contributed by atoms with E-state index < -0.39 is 5.82 Å². The monoisotopic (exact) mass is 347 g/mol. The second-order valence-corrected chi connectivity index (χ2v) is 6.71. The number of nitrogens with zero attached hydrogens (tertiary/aromatic N) is 3. The van der Waals surface area contributed by atoms with Crippen molar-refractivity contribution in [2.45, 2.75) is 25.8 Å². The first-order valence-corrected chi connectivity index (χ1v) is 8.65. The van der Waals surface area contributed by atoms with Crippen LogP contribution in [-0.2, 0) is 0 Å². The third kappa shape index (κ3) is 3.17. The molecule has 0 radical (unpaired) electrons. The lowest BCUT2D eigenvalue weighted by atomic mass is 10.2. The molecule has 3 rings (SSSR count). The number of thiazole rings is 1. The highest BCUT2D eigenvalue weighted by Crippen LogP contribution is 2.25. The quantitative estimate of drug-likeness (QED) is 0.857. The lowest BCUT2D eigenvalue weighted by Gasteiger charge is -2.20. The van der Waals surface area contributed by atoms with Crippen LogP contribution in [0.5, 0.6) is 0 Å². The molecule has 0 spiro atoms. The molecule has 0 bridgehead atoms. The van der Waals surface area contributed by atoms with Gasteiger partial charge in [-0.05, 0) is 44.0 Å². The van der Waals surface area contributed by atoms with Crippen molar-refractivity contribution in [3.63, 3.8) is 0 Å². The van der Waals surface area contributed by atoms with Gasteiger partial charge < -0.3 is 4.90 Å². The molecule has 24 heavy (non-hydrogen) atoms. The lowest BCUT2D eigenvalue weighted by Crippen LogP contribution is -2.34. The van der Waals surface area contributed by atoms with Crippen molar-refractivity contribution in [3.8, 4) is 0 Å². The van der Waals surface area contributed by atoms with Crippen LogP contribution in [0.2, 0.25) is 0 Å². The standard InChI is InChI=1S/C17H18FN3O2S/c1-11-4-3-9-21(11)16(23)14-10-24-17(19-14)20(2)15(22)12-5-7-13(18)8-6-12/h5-8,10-11H,3-4,9H2,1-2H3. The number of likely N-dealkylation sites (tertiary alicyclic amines) is 1. The van der Waals surface area contributed by atoms with Crippen LogP contribution in [0.4, 0.5) is 9.52 Å². The zero-order chi connectivity index (χ0) is 17.3. The summed E-state index contributed by atoms with van der Waals surface area (Å²) in [6.45, 7) is 2.78. The normalized spacial score (nSPS) is 17.1. The Bertz CT molecular complexity index is 759. The molecule has 126 valence electrons. The van der Waals surface area contributed by atoms with E-state index in [0.717, 1.165) is 19.4 Å². The summed E-state index contributed by atoms with van der Waals surface area (Å²) in [7, 11) is 1.59. The summed E-state index contributed by atoms with van der Waals surface area (Å²) in [6, 6.07) is 5.57. The van der Waals surface area contributed by atoms with Gasteiger partial charge in [-0.15, -0.1) is 11.3 Å². The minimum Gasteiger partial charge on any atom is -0.335 e. The van der Waals surface area contributed by atoms with E-state index >= 15 is 0 Å². The highest BCUT2D eigenvalue weighted by Gasteiger charge is 2.28. The zero-order valence-corrected chi connectivity index (χ0v) is 14.3. The van der Waals surface area contributed by atoms with Crippen molar-refractivity contribution in [2.24, 2.45) is 0 Å². The molecular weight excluding hydrogens is 329 g/mol. The van der Waals surface area contributed by atoms with E-state index in [1.807, 2.05) is 11.8 Å². The third-order valence-corrected chi connectivity index (χ3v) is 5.12. The average molecular weight is 347 g/mol. The fourth-order valence-electron chi connectivity index (χ4n) is 2.77. The fourth-order valence-corrected chi connectivity index (χ4v) is 3.53. The SMILES string of the molecule is CC1CCCN1C(=O)c1csc(N(C)C(=O)c2ccc(F)cc2)n1. The Kier molecular flexibility index (Phi) is 4.62. The molecular formula is C17H18FN3O2S. The fraction of sp³-hybridized carbons (Fsp3) is 0.353. The van der Waals surface area contributed by atoms with Crippen molar-refractivity contribution in [1.29, 1.82) is 0 Å². The second kappa shape index (κ2) is 6.68. The van der Waals surface area contributed by atoms with Gasteiger partial charge in [-0.1, -0.05) is 0 Å². The van der Waals surface area contributed by atoms with E-state index in [2.05, 4.69) is 4.98 Å². The van der Waals surface area contributed by atoms with Crippen LogP contribution in [0.25, 0.3) is 0 Å². The van der Waals surface area contributed by atoms with Crippen molar-refractivity contribution >= 4 is 28.3 Å². The Hall–Kier alpha value is -2.28. The van der Waals surface area contributed by atoms with E-state index in [0.29, 0.717) is 16.4 Å². The van der Waals surface area contributed by atoms with E-state index in [4.69, 9.17) is 0 Å². The molecule has 1 aliphatic heterocycles. The number of amides is 2. The topological polar surface area (TPSA) is 53.5 Å². The Morgan fingerprint density at radius 3 is 2.67 bits per heavy atom. The molecule has 1 saturated heterocycles. The molecule has 1 aromatic heterocycles. The van der Waals surface area contributed by atoms with Crippen molar-refractivity contribution in [1.82, 2.24) is 9.88 Å². The highest BCUT2D eigenvalue weighted by atomic mass is 32.1. The summed E-state index contributed by atoms with van der Waals surface area (Å²) in [4.78, 5) is 32.4. The van der Waals surface area contributed by atoms with Gasteiger partial charge in [0.15, 0.2) is 5.13 Å². The molecule has 2 heterocycles. The number of aromatic nitrogens is 1. The molecule has 7 heteroatoms. The van der Waals surface area contributed by atoms with Gasteiger partial charge in [0.2, 0.25) is 0 Å². The van der Waals surface area contributed by atoms with Crippen LogP contribution < -0.4 is 4.90 Å². The van der Waals surface area contributed by atoms with Crippen molar-refractivity contribution < 1.29 is 14.0 Å². The second-order valence-electron chi connectivity index (χ2n) is 5.88. The first-order chi connectivity index (χ1) is 11.5. The summed E-state index contributed by atoms with van der Waals surface area (Å²) in [5.74, 6) is -0.779. The minimum atomic E-state index is -0.393. The predicted molar refractivity (Wildman–Crippen MR) is 91.0 cm³/mol. The Morgan fingerprint density at radius 2 is 2.04 bits per heavy atom. The largest absolute Gasteiger partial charge is 0.335 e. The summed E-state index contributed by atoms with van der Waals surface area (Å²) in [6.07, 6.45) is 2.01. The van der Waals surface area contributed by atoms with E-state index in [9.17, 15) is 14.0 Å². The van der Waals surface area contributed by atoms with Gasteiger partial charge in [-0.3, -0.25) is 14.5 Å². The van der Waals surface area contributed by atoms with E-state index in [-0.39, 0.29) is 17.9 Å². The molecule has 2 amide bonds. The maximum Gasteiger partial charge on any atom is 0.273 e. The van der Waals surface area contributed by atoms with E-state index in [1.54, 1.807) is 12.4 Å². The molecule has 0 N–H and O–H groups in total. The number of rotatable bonds is 3. The molecule has 1 atom stereocenters. The minimum absolute atomic E-state index is 0.0925. The van der Waals surface area contributed by atoms with Crippen molar-refractivity contribution in [2.75, 3.05) is 18.5 Å². The first-order valence-electron chi connectivity index (χ1n) is 7.77. The number of anilines is 1. The van der Waals surface area contributed by atoms with Crippen LogP contribution >= 0.6 is 11.3 Å². The Morgan fingerprint density at radius 1 is 1.33 bits per heavy atom. The molecule has 1 fully saturated rings. The molecule has 5 nitrogen and oxygen atoms in total. The van der Waals surface area contributed by atoms with Crippen LogP contribution in [0.15, 0.2) is 29.6 Å². The van der Waals surface area contributed by atoms with Gasteiger partial charge in [0.1, 0.15) is 11.5 Å². The molecule has 0 aliphatic carbocycles. The van der Waals surface area contributed by atoms with Gasteiger partial charge in [0.25, 0.3) is 11.8 Å². The Labute approximate surface area is 143 Å². The van der Waals surface area contributed by atoms with E-state index in [1.165, 1.54) is 40.5 Å². The maximum absolute atomic E-state index is 13.0. The third-order valence-electron chi connectivity index (χ3n) is 4.21. The van der Waals surface area contributed by atoms with Gasteiger partial charge in [-0.2, -0.15) is 0 Å². The number of hydrogen-bond acceptors (Lipinski definition) is 4. The number of carbonyl (C=O) groups is 2. The van der Waals surface area contributed by atoms with Crippen LogP contribution in [-0.4, -0.2) is 41.3 Å². The predicted octanol–water partition coefficient (Wildman–Crippen LogP) is 3.18. The van der Waals surface area contributed by atoms with Crippen molar-refractivity contribution in [3.05, 3.63) is 46.7 Å². The molecule has 1 unspecified atom stereocenters. The smallest absolute Gasteiger partial charge is 0.273 e. The summed E-state index contributed by atoms with van der Waals surface area (Å²) < 4.78 is 13.0. The number of hydrogen-bond donors (Lipinski definition) is 0.